The van der Waals surface area contributed by atoms with Gasteiger partial charge in [-0.1, -0.05) is 26.2 Å². The second-order valence-electron chi connectivity index (χ2n) is 5.80. The van der Waals surface area contributed by atoms with Gasteiger partial charge in [0.25, 0.3) is 0 Å². The van der Waals surface area contributed by atoms with Gasteiger partial charge in [-0.25, -0.2) is 0 Å². The van der Waals surface area contributed by atoms with Crippen LogP contribution in [-0.2, 0) is 4.79 Å². The number of nitrogens with zero attached hydrogens (tertiary/aromatic N) is 1. The molecule has 2 nitrogen and oxygen atoms in total. The monoisotopic (exact) mass is 265 g/mol. The quantitative estimate of drug-likeness (QED) is 0.606. The molecule has 0 aromatic heterocycles. The number of hydrogen-bond acceptors (Lipinski definition) is 2. The highest BCUT2D eigenvalue weighted by molar-refractivity contribution is 5.91. The maximum absolute atomic E-state index is 12.1. The number of carbonyl (C=O) groups excluding carboxylic acids is 1. The van der Waals surface area contributed by atoms with Gasteiger partial charge in [0.1, 0.15) is 0 Å². The third-order valence-electron chi connectivity index (χ3n) is 4.48. The van der Waals surface area contributed by atoms with Crippen LogP contribution in [0.15, 0.2) is 12.3 Å². The second-order valence-corrected chi connectivity index (χ2v) is 5.80. The first-order chi connectivity index (χ1) is 9.21. The average molecular weight is 265 g/mol. The van der Waals surface area contributed by atoms with Crippen LogP contribution in [-0.4, -0.2) is 23.8 Å². The number of rotatable bonds is 8. The van der Waals surface area contributed by atoms with E-state index in [-0.39, 0.29) is 0 Å². The van der Waals surface area contributed by atoms with Crippen molar-refractivity contribution in [3.05, 3.63) is 12.3 Å². The van der Waals surface area contributed by atoms with Gasteiger partial charge >= 0.3 is 0 Å². The van der Waals surface area contributed by atoms with E-state index in [4.69, 9.17) is 0 Å². The zero-order valence-corrected chi connectivity index (χ0v) is 13.0. The van der Waals surface area contributed by atoms with E-state index in [1.165, 1.54) is 32.1 Å². The molecule has 0 aliphatic heterocycles. The second kappa shape index (κ2) is 9.17. The van der Waals surface area contributed by atoms with Crippen molar-refractivity contribution < 1.29 is 4.79 Å². The van der Waals surface area contributed by atoms with Crippen LogP contribution in [0.5, 0.6) is 0 Å². The Kier molecular flexibility index (Phi) is 7.85. The van der Waals surface area contributed by atoms with E-state index in [1.54, 1.807) is 0 Å². The molecule has 1 fully saturated rings. The van der Waals surface area contributed by atoms with Crippen molar-refractivity contribution in [2.75, 3.05) is 13.1 Å². The van der Waals surface area contributed by atoms with Crippen LogP contribution in [0.4, 0.5) is 0 Å². The molecule has 19 heavy (non-hydrogen) atoms. The first kappa shape index (κ1) is 16.3. The molecule has 0 N–H and O–H groups in total. The lowest BCUT2D eigenvalue weighted by Gasteiger charge is -2.27. The largest absolute Gasteiger partial charge is 0.378 e. The van der Waals surface area contributed by atoms with E-state index in [1.807, 2.05) is 12.3 Å². The minimum absolute atomic E-state index is 0.296. The van der Waals surface area contributed by atoms with Crippen LogP contribution in [0, 0.1) is 11.8 Å². The number of carbonyl (C=O) groups is 1. The molecule has 0 saturated heterocycles. The van der Waals surface area contributed by atoms with Crippen molar-refractivity contribution in [1.29, 1.82) is 0 Å². The lowest BCUT2D eigenvalue weighted by atomic mass is 9.78. The Morgan fingerprint density at radius 3 is 2.26 bits per heavy atom. The summed E-state index contributed by atoms with van der Waals surface area (Å²) in [6.07, 6.45) is 12.5. The predicted molar refractivity (Wildman–Crippen MR) is 82.0 cm³/mol. The molecule has 2 heteroatoms. The Hall–Kier alpha value is -0.790. The summed E-state index contributed by atoms with van der Waals surface area (Å²) in [5.74, 6) is 1.53. The average Bonchev–Trinajstić information content (AvgIpc) is 2.46. The molecule has 110 valence electrons. The fourth-order valence-corrected chi connectivity index (χ4v) is 2.98. The van der Waals surface area contributed by atoms with Gasteiger partial charge in [0.2, 0.25) is 0 Å². The van der Waals surface area contributed by atoms with Gasteiger partial charge in [0.05, 0.1) is 0 Å². The topological polar surface area (TPSA) is 20.3 Å². The maximum Gasteiger partial charge on any atom is 0.160 e. The fraction of sp³-hybridized carbons (Fsp3) is 0.824. The standard InChI is InChI=1S/C17H31NO/c1-4-7-8-15-9-11-16(12-10-15)17(19)13-14-18(5-2)6-3/h13-16H,4-12H2,1-3H3. The van der Waals surface area contributed by atoms with Crippen LogP contribution >= 0.6 is 0 Å². The molecule has 1 saturated carbocycles. The van der Waals surface area contributed by atoms with Crippen molar-refractivity contribution in [1.82, 2.24) is 4.90 Å². The Morgan fingerprint density at radius 1 is 1.11 bits per heavy atom. The Bertz CT molecular complexity index is 273. The van der Waals surface area contributed by atoms with Gasteiger partial charge in [-0.05, 0) is 51.5 Å². The predicted octanol–water partition coefficient (Wildman–Crippen LogP) is 4.41. The lowest BCUT2D eigenvalue weighted by molar-refractivity contribution is -0.119. The molecule has 0 aromatic carbocycles. The summed E-state index contributed by atoms with van der Waals surface area (Å²) in [6.45, 7) is 8.45. The smallest absolute Gasteiger partial charge is 0.160 e. The summed E-state index contributed by atoms with van der Waals surface area (Å²) in [7, 11) is 0. The minimum atomic E-state index is 0.296. The third kappa shape index (κ3) is 5.80. The first-order valence-electron chi connectivity index (χ1n) is 8.17. The number of unbranched alkanes of at least 4 members (excludes halogenated alkanes) is 1. The normalized spacial score (nSPS) is 23.7. The molecule has 0 radical (unpaired) electrons. The molecule has 0 bridgehead atoms. The van der Waals surface area contributed by atoms with Crippen LogP contribution in [0.25, 0.3) is 0 Å². The van der Waals surface area contributed by atoms with E-state index in [2.05, 4.69) is 25.7 Å². The zero-order chi connectivity index (χ0) is 14.1. The fourth-order valence-electron chi connectivity index (χ4n) is 2.98. The SMILES string of the molecule is CCCCC1CCC(C(=O)C=CN(CC)CC)CC1. The van der Waals surface area contributed by atoms with Gasteiger partial charge in [0, 0.05) is 25.2 Å². The first-order valence-corrected chi connectivity index (χ1v) is 8.17. The van der Waals surface area contributed by atoms with Crippen molar-refractivity contribution in [2.45, 2.75) is 65.7 Å². The van der Waals surface area contributed by atoms with Gasteiger partial charge in [-0.2, -0.15) is 0 Å². The zero-order valence-electron chi connectivity index (χ0n) is 13.0. The number of ketones is 1. The van der Waals surface area contributed by atoms with E-state index in [9.17, 15) is 4.79 Å². The number of allylic oxidation sites excluding steroid dienone is 1. The van der Waals surface area contributed by atoms with Crippen LogP contribution in [0.2, 0.25) is 0 Å². The van der Waals surface area contributed by atoms with Gasteiger partial charge < -0.3 is 4.90 Å². The highest BCUT2D eigenvalue weighted by Crippen LogP contribution is 2.32. The summed E-state index contributed by atoms with van der Waals surface area (Å²) in [5, 5.41) is 0. The molecule has 0 amide bonds. The van der Waals surface area contributed by atoms with Crippen molar-refractivity contribution in [3.63, 3.8) is 0 Å². The van der Waals surface area contributed by atoms with E-state index in [0.29, 0.717) is 11.7 Å². The molecule has 1 aliphatic carbocycles. The van der Waals surface area contributed by atoms with Crippen LogP contribution in [0.3, 0.4) is 0 Å². The highest BCUT2D eigenvalue weighted by Gasteiger charge is 2.24. The molecule has 1 aliphatic rings. The minimum Gasteiger partial charge on any atom is -0.378 e. The molecule has 0 spiro atoms. The van der Waals surface area contributed by atoms with E-state index < -0.39 is 0 Å². The van der Waals surface area contributed by atoms with Crippen molar-refractivity contribution in [3.8, 4) is 0 Å². The van der Waals surface area contributed by atoms with Crippen LogP contribution < -0.4 is 0 Å². The maximum atomic E-state index is 12.1. The highest BCUT2D eigenvalue weighted by atomic mass is 16.1. The molecule has 0 aromatic rings. The van der Waals surface area contributed by atoms with Gasteiger partial charge in [-0.15, -0.1) is 0 Å². The number of hydrogen-bond donors (Lipinski definition) is 0. The Morgan fingerprint density at radius 2 is 1.74 bits per heavy atom. The van der Waals surface area contributed by atoms with E-state index in [0.717, 1.165) is 31.8 Å². The summed E-state index contributed by atoms with van der Waals surface area (Å²) in [6, 6.07) is 0. The summed E-state index contributed by atoms with van der Waals surface area (Å²) < 4.78 is 0. The third-order valence-corrected chi connectivity index (χ3v) is 4.48. The summed E-state index contributed by atoms with van der Waals surface area (Å²) >= 11 is 0. The lowest BCUT2D eigenvalue weighted by Crippen LogP contribution is -2.22. The van der Waals surface area contributed by atoms with Crippen molar-refractivity contribution >= 4 is 5.78 Å². The molecule has 0 atom stereocenters. The molecule has 0 heterocycles. The molecule has 1 rings (SSSR count). The molecular formula is C17H31NO. The molecular weight excluding hydrogens is 234 g/mol. The van der Waals surface area contributed by atoms with Crippen LogP contribution in [0.1, 0.15) is 65.7 Å². The Labute approximate surface area is 119 Å². The van der Waals surface area contributed by atoms with Gasteiger partial charge in [-0.3, -0.25) is 4.79 Å². The molecule has 0 unspecified atom stereocenters. The van der Waals surface area contributed by atoms with Gasteiger partial charge in [0.15, 0.2) is 5.78 Å². The summed E-state index contributed by atoms with van der Waals surface area (Å²) in [5.41, 5.74) is 0. The van der Waals surface area contributed by atoms with Crippen molar-refractivity contribution in [2.24, 2.45) is 11.8 Å². The Balaban J connectivity index is 2.32. The van der Waals surface area contributed by atoms with E-state index >= 15 is 0 Å². The summed E-state index contributed by atoms with van der Waals surface area (Å²) in [4.78, 5) is 14.3.